The Balaban J connectivity index is 4.20. The largest absolute Gasteiger partial charge is 0.480 e. The van der Waals surface area contributed by atoms with Gasteiger partial charge in [0, 0.05) is 12.8 Å². The third-order valence-electron chi connectivity index (χ3n) is 8.99. The lowest BCUT2D eigenvalue weighted by Crippen LogP contribution is -2.40. The highest BCUT2D eigenvalue weighted by atomic mass is 16.5. The number of carbonyl (C=O) groups excluding carboxylic acids is 2. The number of carboxylic acids is 1. The van der Waals surface area contributed by atoms with Crippen LogP contribution in [0.15, 0.2) is 72.9 Å². The molecule has 53 heavy (non-hydrogen) atoms. The van der Waals surface area contributed by atoms with Crippen molar-refractivity contribution in [1.82, 2.24) is 5.32 Å². The molecule has 0 aliphatic heterocycles. The smallest absolute Gasteiger partial charge is 0.326 e. The number of aliphatic carboxylic acids is 1. The molecular formula is C46H78N2O5. The number of esters is 1. The zero-order chi connectivity index (χ0) is 38.9. The number of nitrogens with one attached hydrogen (secondary N) is 1. The number of amides is 1. The van der Waals surface area contributed by atoms with Gasteiger partial charge in [-0.05, 0) is 103 Å². The first-order valence-corrected chi connectivity index (χ1v) is 21.3. The minimum atomic E-state index is -1.02. The Morgan fingerprint density at radius 1 is 0.585 bits per heavy atom. The van der Waals surface area contributed by atoms with Gasteiger partial charge < -0.3 is 20.9 Å². The monoisotopic (exact) mass is 739 g/mol. The van der Waals surface area contributed by atoms with E-state index in [0.717, 1.165) is 83.5 Å². The van der Waals surface area contributed by atoms with E-state index in [1.54, 1.807) is 0 Å². The van der Waals surface area contributed by atoms with Crippen LogP contribution in [0.25, 0.3) is 0 Å². The number of hydrogen-bond donors (Lipinski definition) is 3. The van der Waals surface area contributed by atoms with Crippen molar-refractivity contribution in [3.05, 3.63) is 72.9 Å². The second kappa shape index (κ2) is 40.0. The molecule has 0 aromatic carbocycles. The van der Waals surface area contributed by atoms with E-state index in [2.05, 4.69) is 86.0 Å². The molecule has 2 unspecified atom stereocenters. The van der Waals surface area contributed by atoms with E-state index in [-0.39, 0.29) is 18.0 Å². The molecule has 0 saturated carbocycles. The molecule has 0 saturated heterocycles. The molecule has 0 spiro atoms. The van der Waals surface area contributed by atoms with Gasteiger partial charge >= 0.3 is 11.9 Å². The van der Waals surface area contributed by atoms with Crippen molar-refractivity contribution < 1.29 is 24.2 Å². The summed E-state index contributed by atoms with van der Waals surface area (Å²) in [5.41, 5.74) is 5.47. The Morgan fingerprint density at radius 3 is 1.68 bits per heavy atom. The second-order valence-electron chi connectivity index (χ2n) is 14.0. The average molecular weight is 739 g/mol. The van der Waals surface area contributed by atoms with Gasteiger partial charge in [0.1, 0.15) is 12.1 Å². The van der Waals surface area contributed by atoms with Gasteiger partial charge in [-0.1, -0.05) is 145 Å². The van der Waals surface area contributed by atoms with Crippen LogP contribution in [0.4, 0.5) is 0 Å². The van der Waals surface area contributed by atoms with Crippen molar-refractivity contribution in [3.63, 3.8) is 0 Å². The number of hydrogen-bond acceptors (Lipinski definition) is 5. The van der Waals surface area contributed by atoms with Crippen molar-refractivity contribution in [3.8, 4) is 0 Å². The number of unbranched alkanes of at least 4 members (excludes halogenated alkanes) is 13. The SMILES string of the molecule is CC/C=C\C/C=C\C/C=C\C/C=C\CCCCCCCCCCC(=O)OC(/C=C\C/C=C\CCCC)CCCCCCC(=O)NC(CCCN)C(=O)O. The Bertz CT molecular complexity index is 1060. The van der Waals surface area contributed by atoms with Crippen molar-refractivity contribution >= 4 is 17.8 Å². The summed E-state index contributed by atoms with van der Waals surface area (Å²) < 4.78 is 5.89. The number of carbonyl (C=O) groups is 3. The lowest BCUT2D eigenvalue weighted by atomic mass is 10.1. The van der Waals surface area contributed by atoms with E-state index < -0.39 is 12.0 Å². The predicted octanol–water partition coefficient (Wildman–Crippen LogP) is 11.9. The number of allylic oxidation sites excluding steroid dienone is 11. The number of ether oxygens (including phenoxy) is 1. The van der Waals surface area contributed by atoms with Crippen molar-refractivity contribution in [2.24, 2.45) is 5.73 Å². The summed E-state index contributed by atoms with van der Waals surface area (Å²) in [6, 6.07) is -0.877. The van der Waals surface area contributed by atoms with Crippen LogP contribution in [0.5, 0.6) is 0 Å². The fourth-order valence-corrected chi connectivity index (χ4v) is 5.79. The molecule has 0 rings (SSSR count). The number of carboxylic acid groups (broad SMARTS) is 1. The van der Waals surface area contributed by atoms with Gasteiger partial charge in [-0.3, -0.25) is 9.59 Å². The van der Waals surface area contributed by atoms with E-state index in [4.69, 9.17) is 10.5 Å². The molecule has 0 aromatic rings. The lowest BCUT2D eigenvalue weighted by Gasteiger charge is -2.15. The van der Waals surface area contributed by atoms with E-state index in [9.17, 15) is 19.5 Å². The van der Waals surface area contributed by atoms with Crippen LogP contribution in [0.1, 0.15) is 181 Å². The topological polar surface area (TPSA) is 119 Å². The molecule has 0 aliphatic rings. The third kappa shape index (κ3) is 36.9. The molecule has 0 fully saturated rings. The number of rotatable bonds is 37. The standard InChI is InChI=1S/C46H78N2O5/c1-3-5-7-9-11-12-13-14-15-16-17-18-19-20-21-22-23-24-26-28-34-40-45(50)53-42(36-31-27-25-10-8-6-4-2)37-32-29-30-33-39-44(49)48-43(46(51)52)38-35-41-47/h5,7,10-12,14-15,17-18,25,31,36,42-43H,3-4,6,8-9,13,16,19-24,26-30,32-35,37-41,47H2,1-2H3,(H,48,49)(H,51,52)/b7-5-,12-11-,15-14-,18-17-,25-10-,36-31-. The first-order chi connectivity index (χ1) is 25.9. The van der Waals surface area contributed by atoms with Crippen molar-refractivity contribution in [1.29, 1.82) is 0 Å². The van der Waals surface area contributed by atoms with Gasteiger partial charge in [0.25, 0.3) is 0 Å². The summed E-state index contributed by atoms with van der Waals surface area (Å²) in [4.78, 5) is 36.3. The van der Waals surface area contributed by atoms with Crippen LogP contribution in [0.2, 0.25) is 0 Å². The van der Waals surface area contributed by atoms with Crippen LogP contribution in [0.3, 0.4) is 0 Å². The van der Waals surface area contributed by atoms with Crippen LogP contribution in [-0.4, -0.2) is 41.6 Å². The normalized spacial score (nSPS) is 13.4. The Morgan fingerprint density at radius 2 is 1.09 bits per heavy atom. The maximum absolute atomic E-state index is 12.7. The summed E-state index contributed by atoms with van der Waals surface area (Å²) in [6.07, 6.45) is 51.1. The second-order valence-corrected chi connectivity index (χ2v) is 14.0. The summed E-state index contributed by atoms with van der Waals surface area (Å²) in [5.74, 6) is -1.37. The molecule has 0 heterocycles. The molecule has 302 valence electrons. The molecule has 2 atom stereocenters. The molecule has 7 nitrogen and oxygen atoms in total. The minimum absolute atomic E-state index is 0.117. The van der Waals surface area contributed by atoms with Crippen LogP contribution in [0, 0.1) is 0 Å². The van der Waals surface area contributed by atoms with Crippen LogP contribution >= 0.6 is 0 Å². The zero-order valence-electron chi connectivity index (χ0n) is 33.8. The molecule has 0 radical (unpaired) electrons. The summed E-state index contributed by atoms with van der Waals surface area (Å²) in [5, 5.41) is 11.9. The predicted molar refractivity (Wildman–Crippen MR) is 225 cm³/mol. The van der Waals surface area contributed by atoms with Crippen molar-refractivity contribution in [2.45, 2.75) is 193 Å². The van der Waals surface area contributed by atoms with Gasteiger partial charge in [-0.25, -0.2) is 4.79 Å². The molecule has 4 N–H and O–H groups in total. The Hall–Kier alpha value is -3.19. The van der Waals surface area contributed by atoms with E-state index >= 15 is 0 Å². The zero-order valence-corrected chi connectivity index (χ0v) is 33.8. The third-order valence-corrected chi connectivity index (χ3v) is 8.99. The van der Waals surface area contributed by atoms with Crippen molar-refractivity contribution in [2.75, 3.05) is 6.54 Å². The van der Waals surface area contributed by atoms with Gasteiger partial charge in [0.2, 0.25) is 5.91 Å². The summed E-state index contributed by atoms with van der Waals surface area (Å²) >= 11 is 0. The maximum atomic E-state index is 12.7. The van der Waals surface area contributed by atoms with E-state index in [0.29, 0.717) is 38.6 Å². The quantitative estimate of drug-likeness (QED) is 0.0332. The minimum Gasteiger partial charge on any atom is -0.480 e. The highest BCUT2D eigenvalue weighted by molar-refractivity contribution is 5.83. The number of nitrogens with two attached hydrogens (primary N) is 1. The highest BCUT2D eigenvalue weighted by Gasteiger charge is 2.19. The van der Waals surface area contributed by atoms with Crippen LogP contribution in [-0.2, 0) is 19.1 Å². The molecular weight excluding hydrogens is 661 g/mol. The van der Waals surface area contributed by atoms with Gasteiger partial charge in [-0.15, -0.1) is 0 Å². The first-order valence-electron chi connectivity index (χ1n) is 21.3. The molecule has 0 bridgehead atoms. The molecule has 1 amide bonds. The fourth-order valence-electron chi connectivity index (χ4n) is 5.79. The van der Waals surface area contributed by atoms with E-state index in [1.165, 1.54) is 51.4 Å². The Kier molecular flexibility index (Phi) is 37.6. The molecule has 0 aromatic heterocycles. The highest BCUT2D eigenvalue weighted by Crippen LogP contribution is 2.15. The van der Waals surface area contributed by atoms with E-state index in [1.807, 2.05) is 6.08 Å². The Labute approximate surface area is 324 Å². The average Bonchev–Trinajstić information content (AvgIpc) is 3.14. The molecule has 7 heteroatoms. The van der Waals surface area contributed by atoms with Gasteiger partial charge in [-0.2, -0.15) is 0 Å². The summed E-state index contributed by atoms with van der Waals surface area (Å²) in [6.45, 7) is 4.75. The van der Waals surface area contributed by atoms with Gasteiger partial charge in [0.15, 0.2) is 0 Å². The van der Waals surface area contributed by atoms with Gasteiger partial charge in [0.05, 0.1) is 0 Å². The van der Waals surface area contributed by atoms with Crippen LogP contribution < -0.4 is 11.1 Å². The summed E-state index contributed by atoms with van der Waals surface area (Å²) in [7, 11) is 0. The fraction of sp³-hybridized carbons (Fsp3) is 0.674. The molecule has 0 aliphatic carbocycles. The lowest BCUT2D eigenvalue weighted by molar-refractivity contribution is -0.147. The maximum Gasteiger partial charge on any atom is 0.326 e. The first kappa shape index (κ1) is 49.8.